The van der Waals surface area contributed by atoms with Gasteiger partial charge in [0.15, 0.2) is 0 Å². The molecule has 0 bridgehead atoms. The number of carbonyl (C=O) groups excluding carboxylic acids is 2. The Labute approximate surface area is 339 Å². The lowest BCUT2D eigenvalue weighted by atomic mass is 9.92. The molecule has 1 aliphatic rings. The van der Waals surface area contributed by atoms with Crippen molar-refractivity contribution >= 4 is 51.6 Å². The standard InChI is InChI=1S/C44H52N10O4/c1-44(2,3)38(45)23-40(50-32-10-8-9-30(21-32)27-57-5)53-43(56)51-35-13-14-37(34-12-7-6-11-33(34)35)58-28-31-15-18-46-39(22-31)52-41-26-47-36(25-48-41)42(55)49-24-29-16-19-54(4)20-17-29/h6-15,18,21-23,25-26,29H,16-17,19-20,24,27-28,45H2,1-5H3,(H,49,55)(H,46,48,52)(H2,50,51,53,56). The Morgan fingerprint density at radius 1 is 0.914 bits per heavy atom. The molecule has 6 rings (SSSR count). The molecule has 0 saturated carbocycles. The maximum absolute atomic E-state index is 13.5. The highest BCUT2D eigenvalue weighted by Gasteiger charge is 2.19. The minimum atomic E-state index is -0.481. The van der Waals surface area contributed by atoms with Gasteiger partial charge in [0.25, 0.3) is 5.91 Å². The predicted molar refractivity (Wildman–Crippen MR) is 229 cm³/mol. The molecule has 0 atom stereocenters. The van der Waals surface area contributed by atoms with Gasteiger partial charge in [0, 0.05) is 47.8 Å². The summed E-state index contributed by atoms with van der Waals surface area (Å²) in [6.07, 6.45) is 8.48. The van der Waals surface area contributed by atoms with E-state index in [2.05, 4.69) is 48.2 Å². The summed E-state index contributed by atoms with van der Waals surface area (Å²) in [5, 5.41) is 13.6. The molecule has 2 aromatic heterocycles. The highest BCUT2D eigenvalue weighted by atomic mass is 16.5. The fourth-order valence-electron chi connectivity index (χ4n) is 6.29. The van der Waals surface area contributed by atoms with Crippen molar-refractivity contribution in [1.29, 1.82) is 0 Å². The van der Waals surface area contributed by atoms with Gasteiger partial charge in [-0.2, -0.15) is 0 Å². The topological polar surface area (TPSA) is 181 Å². The summed E-state index contributed by atoms with van der Waals surface area (Å²) in [5.74, 6) is 2.18. The van der Waals surface area contributed by atoms with Gasteiger partial charge in [-0.05, 0) is 86.4 Å². The number of nitrogens with one attached hydrogen (secondary N) is 4. The first kappa shape index (κ1) is 41.3. The van der Waals surface area contributed by atoms with Crippen molar-refractivity contribution in [3.8, 4) is 5.75 Å². The lowest BCUT2D eigenvalue weighted by Crippen LogP contribution is -2.37. The van der Waals surface area contributed by atoms with E-state index >= 15 is 0 Å². The average Bonchev–Trinajstić information content (AvgIpc) is 3.20. The Morgan fingerprint density at radius 2 is 1.69 bits per heavy atom. The van der Waals surface area contributed by atoms with Gasteiger partial charge in [-0.15, -0.1) is 0 Å². The molecule has 3 amide bonds. The third-order valence-electron chi connectivity index (χ3n) is 9.75. The Bertz CT molecular complexity index is 2260. The van der Waals surface area contributed by atoms with E-state index in [9.17, 15) is 9.59 Å². The average molecular weight is 785 g/mol. The van der Waals surface area contributed by atoms with Crippen LogP contribution in [0.15, 0.2) is 108 Å². The molecular weight excluding hydrogens is 733 g/mol. The third-order valence-corrected chi connectivity index (χ3v) is 9.75. The number of amides is 3. The monoisotopic (exact) mass is 784 g/mol. The summed E-state index contributed by atoms with van der Waals surface area (Å²) >= 11 is 0. The number of nitrogens with zero attached hydrogens (tertiary/aromatic N) is 5. The van der Waals surface area contributed by atoms with Crippen molar-refractivity contribution in [2.75, 3.05) is 44.4 Å². The Morgan fingerprint density at radius 3 is 2.43 bits per heavy atom. The number of anilines is 3. The number of piperidine rings is 1. The molecule has 5 aromatic rings. The number of hydrogen-bond donors (Lipinski definition) is 5. The normalized spacial score (nSPS) is 14.2. The number of aliphatic imine (C=N–C) groups is 1. The zero-order chi connectivity index (χ0) is 41.1. The van der Waals surface area contributed by atoms with Gasteiger partial charge >= 0.3 is 6.03 Å². The van der Waals surface area contributed by atoms with Gasteiger partial charge in [-0.25, -0.2) is 24.7 Å². The first-order valence-corrected chi connectivity index (χ1v) is 19.3. The molecule has 302 valence electrons. The van der Waals surface area contributed by atoms with E-state index < -0.39 is 6.03 Å². The van der Waals surface area contributed by atoms with Crippen molar-refractivity contribution in [3.63, 3.8) is 0 Å². The van der Waals surface area contributed by atoms with Crippen LogP contribution < -0.4 is 31.7 Å². The molecule has 0 spiro atoms. The first-order chi connectivity index (χ1) is 27.9. The summed E-state index contributed by atoms with van der Waals surface area (Å²) in [5.41, 5.74) is 9.94. The zero-order valence-corrected chi connectivity index (χ0v) is 33.7. The number of nitrogens with two attached hydrogens (primary N) is 1. The van der Waals surface area contributed by atoms with Crippen LogP contribution in [-0.4, -0.2) is 71.4 Å². The van der Waals surface area contributed by atoms with Crippen LogP contribution in [0.3, 0.4) is 0 Å². The van der Waals surface area contributed by atoms with Crippen molar-refractivity contribution in [2.24, 2.45) is 22.1 Å². The molecule has 0 unspecified atom stereocenters. The van der Waals surface area contributed by atoms with E-state index in [-0.39, 0.29) is 23.6 Å². The largest absolute Gasteiger partial charge is 0.488 e. The second kappa shape index (κ2) is 19.2. The minimum absolute atomic E-state index is 0.232. The van der Waals surface area contributed by atoms with Crippen molar-refractivity contribution in [2.45, 2.75) is 46.8 Å². The van der Waals surface area contributed by atoms with Crippen molar-refractivity contribution in [3.05, 3.63) is 120 Å². The number of likely N-dealkylation sites (tertiary alicyclic amines) is 1. The molecular formula is C44H52N10O4. The third kappa shape index (κ3) is 11.6. The molecule has 3 heterocycles. The molecule has 0 aliphatic carbocycles. The van der Waals surface area contributed by atoms with E-state index in [1.54, 1.807) is 25.4 Å². The van der Waals surface area contributed by atoms with Gasteiger partial charge < -0.3 is 36.1 Å². The van der Waals surface area contributed by atoms with E-state index in [1.807, 2.05) is 87.5 Å². The van der Waals surface area contributed by atoms with E-state index in [0.29, 0.717) is 59.4 Å². The van der Waals surface area contributed by atoms with Crippen LogP contribution in [0.2, 0.25) is 0 Å². The van der Waals surface area contributed by atoms with E-state index in [0.717, 1.165) is 47.8 Å². The summed E-state index contributed by atoms with van der Waals surface area (Å²) in [7, 11) is 3.76. The maximum Gasteiger partial charge on any atom is 0.324 e. The lowest BCUT2D eigenvalue weighted by Gasteiger charge is -2.28. The number of fused-ring (bicyclic) bond motifs is 1. The maximum atomic E-state index is 13.5. The van der Waals surface area contributed by atoms with Crippen LogP contribution in [-0.2, 0) is 18.0 Å². The number of amidine groups is 1. The quantitative estimate of drug-likeness (QED) is 0.0600. The predicted octanol–water partition coefficient (Wildman–Crippen LogP) is 7.31. The van der Waals surface area contributed by atoms with Crippen molar-refractivity contribution < 1.29 is 19.1 Å². The van der Waals surface area contributed by atoms with E-state index in [1.165, 1.54) is 12.4 Å². The van der Waals surface area contributed by atoms with Gasteiger partial charge in [-0.1, -0.05) is 57.2 Å². The molecule has 1 saturated heterocycles. The molecule has 14 heteroatoms. The molecule has 1 aliphatic heterocycles. The number of aromatic nitrogens is 3. The summed E-state index contributed by atoms with van der Waals surface area (Å²) < 4.78 is 11.6. The number of carbonyl (C=O) groups is 2. The lowest BCUT2D eigenvalue weighted by molar-refractivity contribution is 0.0933. The molecule has 1 fully saturated rings. The van der Waals surface area contributed by atoms with Gasteiger partial charge in [0.1, 0.15) is 35.5 Å². The fourth-order valence-corrected chi connectivity index (χ4v) is 6.29. The number of rotatable bonds is 13. The Kier molecular flexibility index (Phi) is 13.6. The smallest absolute Gasteiger partial charge is 0.324 e. The number of benzene rings is 3. The summed E-state index contributed by atoms with van der Waals surface area (Å²) in [6, 6.07) is 22.1. The second-order valence-corrected chi connectivity index (χ2v) is 15.4. The number of pyridine rings is 1. The molecule has 58 heavy (non-hydrogen) atoms. The highest BCUT2D eigenvalue weighted by Crippen LogP contribution is 2.32. The summed E-state index contributed by atoms with van der Waals surface area (Å²) in [4.78, 5) is 46.3. The molecule has 0 radical (unpaired) electrons. The van der Waals surface area contributed by atoms with Crippen LogP contribution in [0.4, 0.5) is 27.8 Å². The van der Waals surface area contributed by atoms with Crippen LogP contribution in [0.1, 0.15) is 55.2 Å². The molecule has 6 N–H and O–H groups in total. The van der Waals surface area contributed by atoms with Gasteiger partial charge in [0.05, 0.1) is 30.4 Å². The first-order valence-electron chi connectivity index (χ1n) is 19.3. The Balaban J connectivity index is 1.09. The number of methoxy groups -OCH3 is 1. The van der Waals surface area contributed by atoms with Crippen LogP contribution in [0.5, 0.6) is 5.75 Å². The van der Waals surface area contributed by atoms with Crippen LogP contribution >= 0.6 is 0 Å². The number of hydrogen-bond acceptors (Lipinski definition) is 11. The second-order valence-electron chi connectivity index (χ2n) is 15.4. The van der Waals surface area contributed by atoms with Gasteiger partial charge in [-0.3, -0.25) is 10.1 Å². The number of ether oxygens (including phenoxy) is 2. The Hall–Kier alpha value is -6.38. The van der Waals surface area contributed by atoms with Crippen molar-refractivity contribution in [1.82, 2.24) is 30.5 Å². The van der Waals surface area contributed by atoms with Crippen LogP contribution in [0, 0.1) is 11.3 Å². The minimum Gasteiger partial charge on any atom is -0.488 e. The number of allylic oxidation sites excluding steroid dienone is 1. The van der Waals surface area contributed by atoms with E-state index in [4.69, 9.17) is 20.2 Å². The SMILES string of the molecule is COCc1cccc(N=C(C=C(N)C(C)(C)C)NC(=O)Nc2ccc(OCc3ccnc(Nc4cnc(C(=O)NCC5CCN(C)CC5)cn4)c3)c3ccccc23)c1. The highest BCUT2D eigenvalue weighted by molar-refractivity contribution is 6.11. The van der Waals surface area contributed by atoms with Gasteiger partial charge in [0.2, 0.25) is 0 Å². The molecule has 14 nitrogen and oxygen atoms in total. The zero-order valence-electron chi connectivity index (χ0n) is 33.7. The molecule has 3 aromatic carbocycles. The fraction of sp³-hybridized carbons (Fsp3) is 0.318. The van der Waals surface area contributed by atoms with Crippen LogP contribution in [0.25, 0.3) is 10.8 Å². The summed E-state index contributed by atoms with van der Waals surface area (Å²) in [6.45, 7) is 9.40. The number of urea groups is 1.